The van der Waals surface area contributed by atoms with Gasteiger partial charge in [0.25, 0.3) is 0 Å². The number of aliphatic hydroxyl groups is 2. The van der Waals surface area contributed by atoms with Gasteiger partial charge in [-0.2, -0.15) is 0 Å². The van der Waals surface area contributed by atoms with E-state index < -0.39 is 65.0 Å². The van der Waals surface area contributed by atoms with Crippen molar-refractivity contribution in [3.63, 3.8) is 0 Å². The Hall–Kier alpha value is -2.52. The summed E-state index contributed by atoms with van der Waals surface area (Å²) >= 11 is 0. The minimum atomic E-state index is -2.05. The lowest BCUT2D eigenvalue weighted by Crippen LogP contribution is -2.62. The van der Waals surface area contributed by atoms with E-state index in [2.05, 4.69) is 0 Å². The third kappa shape index (κ3) is 4.36. The average molecular weight is 465 g/mol. The summed E-state index contributed by atoms with van der Waals surface area (Å²) in [5.41, 5.74) is -2.54. The highest BCUT2D eigenvalue weighted by molar-refractivity contribution is 5.93. The van der Waals surface area contributed by atoms with Crippen molar-refractivity contribution in [2.45, 2.75) is 71.4 Å². The van der Waals surface area contributed by atoms with Crippen LogP contribution >= 0.6 is 0 Å². The molecule has 2 N–H and O–H groups in total. The van der Waals surface area contributed by atoms with Crippen molar-refractivity contribution in [3.8, 4) is 0 Å². The highest BCUT2D eigenvalue weighted by atomic mass is 16.6. The van der Waals surface area contributed by atoms with Crippen LogP contribution in [0.1, 0.15) is 47.5 Å². The Morgan fingerprint density at radius 2 is 1.88 bits per heavy atom. The maximum Gasteiger partial charge on any atom is 0.312 e. The first-order chi connectivity index (χ1) is 15.3. The van der Waals surface area contributed by atoms with Crippen LogP contribution < -0.4 is 0 Å². The molecule has 1 heterocycles. The molecule has 0 bridgehead atoms. The van der Waals surface area contributed by atoms with Gasteiger partial charge in [-0.05, 0) is 37.5 Å². The number of rotatable bonds is 3. The van der Waals surface area contributed by atoms with Crippen molar-refractivity contribution >= 4 is 23.7 Å². The van der Waals surface area contributed by atoms with Gasteiger partial charge in [-0.3, -0.25) is 19.2 Å². The molecule has 0 aromatic rings. The summed E-state index contributed by atoms with van der Waals surface area (Å²) in [5.74, 6) is -4.64. The second-order valence-corrected chi connectivity index (χ2v) is 9.57. The second-order valence-electron chi connectivity index (χ2n) is 9.57. The molecule has 0 radical (unpaired) electrons. The molecular weight excluding hydrogens is 432 g/mol. The SMILES string of the molecule is CC(=O)OC/C1=C/[C@@H]2OC(=O)[C@H](C)[C@@]2(O)[C@@H](O)[C@H]2[C@@H](C)C(=O)C=C[C@]2(C)[C@@H](OC(C)=O)CC1. The van der Waals surface area contributed by atoms with Gasteiger partial charge in [-0.25, -0.2) is 0 Å². The number of hydrogen-bond acceptors (Lipinski definition) is 9. The van der Waals surface area contributed by atoms with Crippen LogP contribution in [0.5, 0.6) is 0 Å². The van der Waals surface area contributed by atoms with Gasteiger partial charge in [0.15, 0.2) is 11.9 Å². The summed E-state index contributed by atoms with van der Waals surface area (Å²) in [7, 11) is 0. The van der Waals surface area contributed by atoms with E-state index in [1.165, 1.54) is 32.9 Å². The molecule has 33 heavy (non-hydrogen) atoms. The van der Waals surface area contributed by atoms with Gasteiger partial charge in [-0.15, -0.1) is 0 Å². The van der Waals surface area contributed by atoms with E-state index in [0.717, 1.165) is 0 Å². The summed E-state index contributed by atoms with van der Waals surface area (Å²) in [6.07, 6.45) is 1.59. The van der Waals surface area contributed by atoms with Gasteiger partial charge >= 0.3 is 17.9 Å². The van der Waals surface area contributed by atoms with E-state index in [4.69, 9.17) is 14.2 Å². The summed E-state index contributed by atoms with van der Waals surface area (Å²) in [4.78, 5) is 48.5. The predicted octanol–water partition coefficient (Wildman–Crippen LogP) is 1.25. The molecule has 1 aliphatic heterocycles. The fraction of sp³-hybridized carbons (Fsp3) is 0.667. The predicted molar refractivity (Wildman–Crippen MR) is 114 cm³/mol. The maximum atomic E-state index is 12.6. The molecule has 182 valence electrons. The molecule has 0 aromatic carbocycles. The average Bonchev–Trinajstić information content (AvgIpc) is 2.95. The van der Waals surface area contributed by atoms with Gasteiger partial charge in [-0.1, -0.05) is 19.9 Å². The third-order valence-corrected chi connectivity index (χ3v) is 7.45. The minimum absolute atomic E-state index is 0.110. The number of allylic oxidation sites excluding steroid dienone is 1. The van der Waals surface area contributed by atoms with Gasteiger partial charge < -0.3 is 24.4 Å². The van der Waals surface area contributed by atoms with E-state index in [-0.39, 0.29) is 12.4 Å². The van der Waals surface area contributed by atoms with Crippen LogP contribution in [0.2, 0.25) is 0 Å². The van der Waals surface area contributed by atoms with Crippen LogP contribution in [0.15, 0.2) is 23.8 Å². The van der Waals surface area contributed by atoms with Gasteiger partial charge in [0.05, 0.1) is 12.0 Å². The molecule has 0 aromatic heterocycles. The number of carbonyl (C=O) groups is 4. The number of hydrogen-bond donors (Lipinski definition) is 2. The van der Waals surface area contributed by atoms with Crippen LogP contribution in [-0.2, 0) is 33.4 Å². The monoisotopic (exact) mass is 464 g/mol. The second kappa shape index (κ2) is 9.02. The van der Waals surface area contributed by atoms with Crippen molar-refractivity contribution in [1.29, 1.82) is 0 Å². The highest BCUT2D eigenvalue weighted by Gasteiger charge is 2.64. The van der Waals surface area contributed by atoms with Crippen molar-refractivity contribution in [1.82, 2.24) is 0 Å². The van der Waals surface area contributed by atoms with E-state index in [1.807, 2.05) is 0 Å². The first-order valence-electron chi connectivity index (χ1n) is 11.2. The minimum Gasteiger partial charge on any atom is -0.462 e. The van der Waals surface area contributed by atoms with Crippen LogP contribution in [0.25, 0.3) is 0 Å². The number of carbonyl (C=O) groups excluding carboxylic acids is 4. The van der Waals surface area contributed by atoms with Crippen molar-refractivity contribution < 1.29 is 43.6 Å². The summed E-state index contributed by atoms with van der Waals surface area (Å²) in [5, 5.41) is 23.4. The Morgan fingerprint density at radius 3 is 2.48 bits per heavy atom. The smallest absolute Gasteiger partial charge is 0.312 e. The Kier molecular flexibility index (Phi) is 6.87. The van der Waals surface area contributed by atoms with Gasteiger partial charge in [0.1, 0.15) is 18.3 Å². The summed E-state index contributed by atoms with van der Waals surface area (Å²) in [6.45, 7) is 7.31. The van der Waals surface area contributed by atoms with Crippen LogP contribution in [0.3, 0.4) is 0 Å². The first-order valence-corrected chi connectivity index (χ1v) is 11.2. The highest BCUT2D eigenvalue weighted by Crippen LogP contribution is 2.51. The number of esters is 3. The summed E-state index contributed by atoms with van der Waals surface area (Å²) in [6, 6.07) is 0. The standard InChI is InChI=1S/C24H32O9/c1-12-17(27)8-9-23(5)18(32-15(4)26)7-6-16(11-31-14(3)25)10-19-24(30,21(28)20(12)23)13(2)22(29)33-19/h8-10,12-13,18-21,28,30H,6-7,11H2,1-5H3/b16-10+/t12-,13-,18-,19-,20+,21-,23+,24-/m0/s1. The first kappa shape index (κ1) is 25.1. The number of aliphatic hydroxyl groups excluding tert-OH is 1. The van der Waals surface area contributed by atoms with Crippen LogP contribution in [-0.4, -0.2) is 64.4 Å². The van der Waals surface area contributed by atoms with Crippen molar-refractivity contribution in [2.75, 3.05) is 6.61 Å². The quantitative estimate of drug-likeness (QED) is 0.359. The molecule has 1 fully saturated rings. The Morgan fingerprint density at radius 1 is 1.21 bits per heavy atom. The Labute approximate surface area is 192 Å². The van der Waals surface area contributed by atoms with Crippen molar-refractivity contribution in [2.24, 2.45) is 23.2 Å². The zero-order chi connectivity index (χ0) is 24.7. The number of ketones is 1. The molecule has 3 aliphatic rings. The van der Waals surface area contributed by atoms with Crippen LogP contribution in [0.4, 0.5) is 0 Å². The topological polar surface area (TPSA) is 136 Å². The Balaban J connectivity index is 2.19. The van der Waals surface area contributed by atoms with E-state index >= 15 is 0 Å². The molecule has 9 nitrogen and oxygen atoms in total. The lowest BCUT2D eigenvalue weighted by Gasteiger charge is -2.51. The molecular formula is C24H32O9. The van der Waals surface area contributed by atoms with Crippen molar-refractivity contribution in [3.05, 3.63) is 23.8 Å². The molecule has 0 unspecified atom stereocenters. The molecule has 0 spiro atoms. The number of fused-ring (bicyclic) bond motifs is 2. The van der Waals surface area contributed by atoms with E-state index in [1.54, 1.807) is 19.9 Å². The molecule has 3 rings (SSSR count). The van der Waals surface area contributed by atoms with Crippen LogP contribution in [0, 0.1) is 23.2 Å². The van der Waals surface area contributed by atoms with E-state index in [9.17, 15) is 29.4 Å². The zero-order valence-electron chi connectivity index (χ0n) is 19.6. The molecule has 2 aliphatic carbocycles. The third-order valence-electron chi connectivity index (χ3n) is 7.45. The molecule has 8 atom stereocenters. The lowest BCUT2D eigenvalue weighted by molar-refractivity contribution is -0.185. The maximum absolute atomic E-state index is 12.6. The molecule has 0 saturated carbocycles. The van der Waals surface area contributed by atoms with Gasteiger partial charge in [0, 0.05) is 31.1 Å². The Bertz CT molecular complexity index is 906. The number of ether oxygens (including phenoxy) is 3. The van der Waals surface area contributed by atoms with E-state index in [0.29, 0.717) is 18.4 Å². The fourth-order valence-electron chi connectivity index (χ4n) is 5.44. The largest absolute Gasteiger partial charge is 0.462 e. The van der Waals surface area contributed by atoms with Gasteiger partial charge in [0.2, 0.25) is 0 Å². The molecule has 0 amide bonds. The molecule has 9 heteroatoms. The molecule has 1 saturated heterocycles. The normalized spacial score (nSPS) is 42.3. The summed E-state index contributed by atoms with van der Waals surface area (Å²) < 4.78 is 16.2. The lowest BCUT2D eigenvalue weighted by atomic mass is 9.56. The fourth-order valence-corrected chi connectivity index (χ4v) is 5.44. The zero-order valence-corrected chi connectivity index (χ0v) is 19.6.